The van der Waals surface area contributed by atoms with Gasteiger partial charge in [-0.15, -0.1) is 11.8 Å². The maximum absolute atomic E-state index is 13.6. The van der Waals surface area contributed by atoms with Crippen LogP contribution in [-0.2, 0) is 9.59 Å². The Labute approximate surface area is 270 Å². The summed E-state index contributed by atoms with van der Waals surface area (Å²) < 4.78 is 10.8. The molecule has 0 aliphatic heterocycles. The van der Waals surface area contributed by atoms with Crippen molar-refractivity contribution >= 4 is 52.9 Å². The van der Waals surface area contributed by atoms with Gasteiger partial charge in [0.25, 0.3) is 11.8 Å². The average molecular weight is 640 g/mol. The van der Waals surface area contributed by atoms with E-state index in [9.17, 15) is 19.2 Å². The molecule has 0 aromatic heterocycles. The number of rotatable bonds is 13. The first-order valence-corrected chi connectivity index (χ1v) is 15.1. The molecule has 0 saturated carbocycles. The van der Waals surface area contributed by atoms with Crippen molar-refractivity contribution in [3.05, 3.63) is 119 Å². The number of carbonyl (C=O) groups excluding carboxylic acids is 3. The fraction of sp³-hybridized carbons (Fsp3) is 0.143. The standard InChI is InChI=1S/C35H33N3O7S/c1-4-31(34(41)36-25-15-13-23(14-16-25)35(42)43)46-28-12-8-11-26(21-28)37-33(40)29(38-32(39)22-9-6-5-7-10-22)20-24-19-27(44-2)17-18-30(24)45-3/h5-21,31H,4H2,1-3H3,(H,36,41)(H,37,40)(H,38,39)(H,42,43)/b29-20+. The quantitative estimate of drug-likeness (QED) is 0.0983. The molecule has 0 saturated heterocycles. The lowest BCUT2D eigenvalue weighted by Gasteiger charge is -2.16. The van der Waals surface area contributed by atoms with Gasteiger partial charge in [0.05, 0.1) is 25.0 Å². The average Bonchev–Trinajstić information content (AvgIpc) is 3.07. The summed E-state index contributed by atoms with van der Waals surface area (Å²) in [6.07, 6.45) is 2.03. The van der Waals surface area contributed by atoms with Crippen molar-refractivity contribution in [2.24, 2.45) is 0 Å². The van der Waals surface area contributed by atoms with Gasteiger partial charge in [0, 0.05) is 27.4 Å². The Balaban J connectivity index is 1.54. The maximum Gasteiger partial charge on any atom is 0.335 e. The Bertz CT molecular complexity index is 1740. The molecule has 1 atom stereocenters. The van der Waals surface area contributed by atoms with Crippen LogP contribution in [-0.4, -0.2) is 48.3 Å². The number of thioether (sulfide) groups is 1. The van der Waals surface area contributed by atoms with Crippen LogP contribution in [0.4, 0.5) is 11.4 Å². The predicted molar refractivity (Wildman–Crippen MR) is 178 cm³/mol. The largest absolute Gasteiger partial charge is 0.497 e. The molecule has 4 aromatic rings. The summed E-state index contributed by atoms with van der Waals surface area (Å²) >= 11 is 1.32. The Kier molecular flexibility index (Phi) is 11.6. The molecular weight excluding hydrogens is 606 g/mol. The van der Waals surface area contributed by atoms with Crippen LogP contribution in [0.15, 0.2) is 108 Å². The van der Waals surface area contributed by atoms with E-state index in [4.69, 9.17) is 14.6 Å². The summed E-state index contributed by atoms with van der Waals surface area (Å²) in [5.74, 6) is -1.33. The topological polar surface area (TPSA) is 143 Å². The van der Waals surface area contributed by atoms with Crippen LogP contribution < -0.4 is 25.4 Å². The SMILES string of the molecule is CCC(Sc1cccc(NC(=O)/C(=C\c2cc(OC)ccc2OC)NC(=O)c2ccccc2)c1)C(=O)Nc1ccc(C(=O)O)cc1. The van der Waals surface area contributed by atoms with E-state index < -0.39 is 23.0 Å². The van der Waals surface area contributed by atoms with Gasteiger partial charge in [-0.2, -0.15) is 0 Å². The predicted octanol–water partition coefficient (Wildman–Crippen LogP) is 6.32. The number of amides is 3. The van der Waals surface area contributed by atoms with Crippen LogP contribution in [0.25, 0.3) is 6.08 Å². The summed E-state index contributed by atoms with van der Waals surface area (Å²) in [5, 5.41) is 17.0. The lowest BCUT2D eigenvalue weighted by Crippen LogP contribution is -2.30. The van der Waals surface area contributed by atoms with Crippen LogP contribution in [0.3, 0.4) is 0 Å². The van der Waals surface area contributed by atoms with E-state index in [0.29, 0.717) is 40.4 Å². The number of hydrogen-bond donors (Lipinski definition) is 4. The summed E-state index contributed by atoms with van der Waals surface area (Å²) in [4.78, 5) is 51.6. The van der Waals surface area contributed by atoms with Crippen molar-refractivity contribution in [3.8, 4) is 11.5 Å². The van der Waals surface area contributed by atoms with Crippen LogP contribution in [0.2, 0.25) is 0 Å². The van der Waals surface area contributed by atoms with E-state index in [-0.39, 0.29) is 17.2 Å². The highest BCUT2D eigenvalue weighted by atomic mass is 32.2. The monoisotopic (exact) mass is 639 g/mol. The minimum atomic E-state index is -1.05. The van der Waals surface area contributed by atoms with Crippen molar-refractivity contribution in [1.29, 1.82) is 0 Å². The van der Waals surface area contributed by atoms with Crippen LogP contribution in [0, 0.1) is 0 Å². The van der Waals surface area contributed by atoms with Crippen LogP contribution in [0.1, 0.15) is 39.6 Å². The third kappa shape index (κ3) is 8.99. The van der Waals surface area contributed by atoms with E-state index in [1.807, 2.05) is 13.0 Å². The fourth-order valence-electron chi connectivity index (χ4n) is 4.30. The lowest BCUT2D eigenvalue weighted by atomic mass is 10.1. The highest BCUT2D eigenvalue weighted by Crippen LogP contribution is 2.30. The molecule has 46 heavy (non-hydrogen) atoms. The second kappa shape index (κ2) is 16.0. The van der Waals surface area contributed by atoms with Crippen molar-refractivity contribution < 1.29 is 33.8 Å². The summed E-state index contributed by atoms with van der Waals surface area (Å²) in [6, 6.07) is 26.6. The molecule has 0 aliphatic rings. The molecule has 11 heteroatoms. The van der Waals surface area contributed by atoms with E-state index >= 15 is 0 Å². The van der Waals surface area contributed by atoms with Crippen molar-refractivity contribution in [3.63, 3.8) is 0 Å². The number of benzene rings is 4. The Morgan fingerprint density at radius 3 is 2.20 bits per heavy atom. The van der Waals surface area contributed by atoms with Crippen molar-refractivity contribution in [2.75, 3.05) is 24.9 Å². The third-order valence-corrected chi connectivity index (χ3v) is 8.06. The summed E-state index contributed by atoms with van der Waals surface area (Å²) in [6.45, 7) is 1.88. The normalized spacial score (nSPS) is 11.6. The molecule has 0 radical (unpaired) electrons. The number of nitrogens with one attached hydrogen (secondary N) is 3. The molecule has 4 aromatic carbocycles. The van der Waals surface area contributed by atoms with Gasteiger partial charge in [-0.1, -0.05) is 31.2 Å². The Hall–Kier alpha value is -5.55. The van der Waals surface area contributed by atoms with Gasteiger partial charge in [0.2, 0.25) is 5.91 Å². The molecule has 0 spiro atoms. The Morgan fingerprint density at radius 2 is 1.54 bits per heavy atom. The molecule has 0 aliphatic carbocycles. The third-order valence-electron chi connectivity index (χ3n) is 6.70. The van der Waals surface area contributed by atoms with Gasteiger partial charge in [-0.3, -0.25) is 14.4 Å². The van der Waals surface area contributed by atoms with Gasteiger partial charge in [0.15, 0.2) is 0 Å². The van der Waals surface area contributed by atoms with Crippen LogP contribution >= 0.6 is 11.8 Å². The number of carboxylic acids is 1. The van der Waals surface area contributed by atoms with Crippen LogP contribution in [0.5, 0.6) is 11.5 Å². The maximum atomic E-state index is 13.6. The molecule has 3 amide bonds. The number of ether oxygens (including phenoxy) is 2. The van der Waals surface area contributed by atoms with E-state index in [1.165, 1.54) is 56.3 Å². The highest BCUT2D eigenvalue weighted by molar-refractivity contribution is 8.00. The Morgan fingerprint density at radius 1 is 0.804 bits per heavy atom. The zero-order valence-corrected chi connectivity index (χ0v) is 26.2. The first-order chi connectivity index (χ1) is 22.2. The number of anilines is 2. The fourth-order valence-corrected chi connectivity index (χ4v) is 5.31. The second-order valence-corrected chi connectivity index (χ2v) is 11.1. The molecule has 0 fully saturated rings. The van der Waals surface area contributed by atoms with E-state index in [2.05, 4.69) is 16.0 Å². The minimum absolute atomic E-state index is 0.0295. The van der Waals surface area contributed by atoms with Gasteiger partial charge >= 0.3 is 5.97 Å². The molecule has 0 heterocycles. The molecule has 1 unspecified atom stereocenters. The zero-order chi connectivity index (χ0) is 33.1. The molecule has 4 rings (SSSR count). The number of carbonyl (C=O) groups is 4. The van der Waals surface area contributed by atoms with Gasteiger partial charge in [-0.25, -0.2) is 4.79 Å². The number of carboxylic acid groups (broad SMARTS) is 1. The first kappa shape index (κ1) is 33.3. The lowest BCUT2D eigenvalue weighted by molar-refractivity contribution is -0.116. The number of hydrogen-bond acceptors (Lipinski definition) is 7. The number of methoxy groups -OCH3 is 2. The van der Waals surface area contributed by atoms with Crippen molar-refractivity contribution in [2.45, 2.75) is 23.5 Å². The van der Waals surface area contributed by atoms with Gasteiger partial charge < -0.3 is 30.5 Å². The molecule has 236 valence electrons. The minimum Gasteiger partial charge on any atom is -0.497 e. The first-order valence-electron chi connectivity index (χ1n) is 14.2. The molecule has 0 bridgehead atoms. The summed E-state index contributed by atoms with van der Waals surface area (Å²) in [7, 11) is 3.03. The second-order valence-electron chi connectivity index (χ2n) is 9.85. The van der Waals surface area contributed by atoms with E-state index in [1.54, 1.807) is 66.7 Å². The van der Waals surface area contributed by atoms with Gasteiger partial charge in [0.1, 0.15) is 17.2 Å². The highest BCUT2D eigenvalue weighted by Gasteiger charge is 2.20. The summed E-state index contributed by atoms with van der Waals surface area (Å²) in [5.41, 5.74) is 1.92. The molecular formula is C35H33N3O7S. The van der Waals surface area contributed by atoms with E-state index in [0.717, 1.165) is 4.90 Å². The van der Waals surface area contributed by atoms with Crippen molar-refractivity contribution in [1.82, 2.24) is 5.32 Å². The van der Waals surface area contributed by atoms with Gasteiger partial charge in [-0.05, 0) is 85.3 Å². The smallest absolute Gasteiger partial charge is 0.335 e. The number of aromatic carboxylic acids is 1. The molecule has 4 N–H and O–H groups in total. The zero-order valence-electron chi connectivity index (χ0n) is 25.4. The molecule has 10 nitrogen and oxygen atoms in total.